The molecule has 0 aliphatic rings. The van der Waals surface area contributed by atoms with Crippen LogP contribution in [-0.2, 0) is 7.05 Å². The van der Waals surface area contributed by atoms with Crippen molar-refractivity contribution in [3.63, 3.8) is 0 Å². The lowest BCUT2D eigenvalue weighted by Crippen LogP contribution is -2.38. The summed E-state index contributed by atoms with van der Waals surface area (Å²) in [5.74, 6) is -0.830. The highest BCUT2D eigenvalue weighted by Gasteiger charge is 2.30. The number of rotatable bonds is 4. The van der Waals surface area contributed by atoms with Crippen LogP contribution in [0.4, 0.5) is 0 Å². The van der Waals surface area contributed by atoms with Crippen LogP contribution in [0.15, 0.2) is 48.7 Å². The molecule has 1 atom stereocenters. The number of pyridine rings is 1. The zero-order valence-electron chi connectivity index (χ0n) is 16.4. The number of hydrogen-bond acceptors (Lipinski definition) is 4. The summed E-state index contributed by atoms with van der Waals surface area (Å²) in [5, 5.41) is 12.8. The number of hydrogen-bond donors (Lipinski definition) is 3. The average molecular weight is 380 g/mol. The fraction of sp³-hybridized carbons (Fsp3) is 0.286. The molecule has 0 saturated heterocycles. The van der Waals surface area contributed by atoms with E-state index in [1.165, 1.54) is 6.20 Å². The highest BCUT2D eigenvalue weighted by Crippen LogP contribution is 2.32. The van der Waals surface area contributed by atoms with Gasteiger partial charge in [0.05, 0.1) is 17.3 Å². The molecule has 1 unspecified atom stereocenters. The summed E-state index contributed by atoms with van der Waals surface area (Å²) < 4.78 is 1.87. The Morgan fingerprint density at radius 2 is 1.82 bits per heavy atom. The largest absolute Gasteiger partial charge is 0.342 e. The van der Waals surface area contributed by atoms with Gasteiger partial charge in [0.15, 0.2) is 0 Å². The van der Waals surface area contributed by atoms with E-state index < -0.39 is 5.91 Å². The van der Waals surface area contributed by atoms with Crippen LogP contribution in [0.5, 0.6) is 0 Å². The zero-order chi connectivity index (χ0) is 20.5. The van der Waals surface area contributed by atoms with Crippen LogP contribution in [0.3, 0.4) is 0 Å². The maximum Gasteiger partial charge on any atom is 0.276 e. The van der Waals surface area contributed by atoms with Crippen LogP contribution in [0.1, 0.15) is 53.4 Å². The Kier molecular flexibility index (Phi) is 5.20. The summed E-state index contributed by atoms with van der Waals surface area (Å²) in [6.45, 7) is 6.03. The minimum Gasteiger partial charge on any atom is -0.342 e. The van der Waals surface area contributed by atoms with Crippen LogP contribution >= 0.6 is 0 Å². The third-order valence-corrected chi connectivity index (χ3v) is 4.77. The molecule has 28 heavy (non-hydrogen) atoms. The van der Waals surface area contributed by atoms with Crippen LogP contribution in [0.2, 0.25) is 0 Å². The van der Waals surface area contributed by atoms with Gasteiger partial charge >= 0.3 is 0 Å². The maximum absolute atomic E-state index is 13.0. The smallest absolute Gasteiger partial charge is 0.276 e. The van der Waals surface area contributed by atoms with Gasteiger partial charge in [-0.2, -0.15) is 0 Å². The number of hydroxylamine groups is 1. The summed E-state index contributed by atoms with van der Waals surface area (Å²) in [7, 11) is 1.86. The maximum atomic E-state index is 13.0. The van der Waals surface area contributed by atoms with Crippen LogP contribution < -0.4 is 10.8 Å². The minimum atomic E-state index is -0.633. The number of carbonyl (C=O) groups is 2. The molecule has 0 radical (unpaired) electrons. The number of nitrogens with zero attached hydrogens (tertiary/aromatic N) is 2. The van der Waals surface area contributed by atoms with E-state index in [0.717, 1.165) is 10.9 Å². The Labute approximate surface area is 163 Å². The van der Waals surface area contributed by atoms with Gasteiger partial charge in [0.2, 0.25) is 0 Å². The van der Waals surface area contributed by atoms with Gasteiger partial charge in [0.25, 0.3) is 11.8 Å². The molecule has 2 aromatic heterocycles. The Morgan fingerprint density at radius 1 is 1.11 bits per heavy atom. The number of benzene rings is 1. The summed E-state index contributed by atoms with van der Waals surface area (Å²) >= 11 is 0. The van der Waals surface area contributed by atoms with Crippen molar-refractivity contribution in [2.75, 3.05) is 0 Å². The molecule has 3 aromatic rings. The quantitative estimate of drug-likeness (QED) is 0.478. The molecule has 0 saturated carbocycles. The number of amides is 2. The predicted molar refractivity (Wildman–Crippen MR) is 106 cm³/mol. The van der Waals surface area contributed by atoms with Gasteiger partial charge in [0, 0.05) is 24.1 Å². The first kappa shape index (κ1) is 19.6. The van der Waals surface area contributed by atoms with Crippen LogP contribution in [0, 0.1) is 5.41 Å². The molecule has 0 spiro atoms. The molecule has 0 aliphatic heterocycles. The van der Waals surface area contributed by atoms with Gasteiger partial charge in [-0.25, -0.2) is 5.48 Å². The average Bonchev–Trinajstić information content (AvgIpc) is 3.01. The van der Waals surface area contributed by atoms with E-state index in [9.17, 15) is 9.59 Å². The molecule has 0 bridgehead atoms. The second-order valence-electron chi connectivity index (χ2n) is 7.83. The summed E-state index contributed by atoms with van der Waals surface area (Å²) in [5.41, 5.74) is 3.68. The molecule has 2 amide bonds. The SMILES string of the molecule is Cn1c(C(=O)NC(c2ccc(C(=O)NO)cn2)C(C)(C)C)cc2ccccc21. The van der Waals surface area contributed by atoms with E-state index in [4.69, 9.17) is 5.21 Å². The van der Waals surface area contributed by atoms with Crippen molar-refractivity contribution >= 4 is 22.7 Å². The number of para-hydroxylation sites is 1. The number of aromatic nitrogens is 2. The molecular weight excluding hydrogens is 356 g/mol. The third kappa shape index (κ3) is 3.75. The normalized spacial score (nSPS) is 12.6. The second-order valence-corrected chi connectivity index (χ2v) is 7.83. The molecular formula is C21H24N4O3. The van der Waals surface area contributed by atoms with Gasteiger partial charge in [-0.3, -0.25) is 19.8 Å². The molecule has 7 heteroatoms. The summed E-state index contributed by atoms with van der Waals surface area (Å²) in [6.07, 6.45) is 1.38. The lowest BCUT2D eigenvalue weighted by molar-refractivity contribution is 0.0705. The molecule has 7 nitrogen and oxygen atoms in total. The van der Waals surface area contributed by atoms with E-state index in [-0.39, 0.29) is 22.9 Å². The number of nitrogens with one attached hydrogen (secondary N) is 2. The van der Waals surface area contributed by atoms with E-state index in [1.807, 2.05) is 62.7 Å². The van der Waals surface area contributed by atoms with Crippen LogP contribution in [0.25, 0.3) is 10.9 Å². The predicted octanol–water partition coefficient (Wildman–Crippen LogP) is 3.21. The first-order valence-corrected chi connectivity index (χ1v) is 8.98. The number of fused-ring (bicyclic) bond motifs is 1. The van der Waals surface area contributed by atoms with E-state index in [0.29, 0.717) is 11.4 Å². The number of carbonyl (C=O) groups excluding carboxylic acids is 2. The standard InChI is InChI=1S/C21H24N4O3/c1-21(2,3)18(15-10-9-14(12-22-15)19(26)24-28)23-20(27)17-11-13-7-5-6-8-16(13)25(17)4/h5-12,18,28H,1-4H3,(H,23,27)(H,24,26). The van der Waals surface area contributed by atoms with Crippen molar-refractivity contribution in [3.8, 4) is 0 Å². The van der Waals surface area contributed by atoms with E-state index in [2.05, 4.69) is 10.3 Å². The van der Waals surface area contributed by atoms with E-state index in [1.54, 1.807) is 17.6 Å². The first-order chi connectivity index (χ1) is 13.2. The molecule has 0 fully saturated rings. The number of aryl methyl sites for hydroxylation is 1. The second kappa shape index (κ2) is 7.44. The van der Waals surface area contributed by atoms with Gasteiger partial charge in [-0.05, 0) is 29.7 Å². The summed E-state index contributed by atoms with van der Waals surface area (Å²) in [6, 6.07) is 12.6. The minimum absolute atomic E-state index is 0.197. The van der Waals surface area contributed by atoms with Crippen molar-refractivity contribution in [2.24, 2.45) is 12.5 Å². The fourth-order valence-corrected chi connectivity index (χ4v) is 3.22. The topological polar surface area (TPSA) is 96.2 Å². The Morgan fingerprint density at radius 3 is 2.39 bits per heavy atom. The van der Waals surface area contributed by atoms with Gasteiger partial charge in [-0.1, -0.05) is 39.0 Å². The fourth-order valence-electron chi connectivity index (χ4n) is 3.22. The molecule has 146 valence electrons. The lowest BCUT2D eigenvalue weighted by Gasteiger charge is -2.31. The molecule has 1 aromatic carbocycles. The Bertz CT molecular complexity index is 1020. The van der Waals surface area contributed by atoms with Gasteiger partial charge < -0.3 is 9.88 Å². The van der Waals surface area contributed by atoms with Crippen molar-refractivity contribution < 1.29 is 14.8 Å². The van der Waals surface area contributed by atoms with Crippen molar-refractivity contribution in [1.82, 2.24) is 20.3 Å². The van der Waals surface area contributed by atoms with E-state index >= 15 is 0 Å². The van der Waals surface area contributed by atoms with Crippen LogP contribution in [-0.4, -0.2) is 26.6 Å². The van der Waals surface area contributed by atoms with Gasteiger partial charge in [0.1, 0.15) is 5.69 Å². The highest BCUT2D eigenvalue weighted by molar-refractivity contribution is 5.99. The Balaban J connectivity index is 1.91. The van der Waals surface area contributed by atoms with Crippen molar-refractivity contribution in [2.45, 2.75) is 26.8 Å². The van der Waals surface area contributed by atoms with Crippen molar-refractivity contribution in [3.05, 3.63) is 65.6 Å². The highest BCUT2D eigenvalue weighted by atomic mass is 16.5. The lowest BCUT2D eigenvalue weighted by atomic mass is 9.84. The Hall–Kier alpha value is -3.19. The van der Waals surface area contributed by atoms with Gasteiger partial charge in [-0.15, -0.1) is 0 Å². The third-order valence-electron chi connectivity index (χ3n) is 4.77. The summed E-state index contributed by atoms with van der Waals surface area (Å²) in [4.78, 5) is 28.9. The zero-order valence-corrected chi connectivity index (χ0v) is 16.4. The van der Waals surface area contributed by atoms with Crippen molar-refractivity contribution in [1.29, 1.82) is 0 Å². The molecule has 3 N–H and O–H groups in total. The monoisotopic (exact) mass is 380 g/mol. The molecule has 0 aliphatic carbocycles. The molecule has 3 rings (SSSR count). The first-order valence-electron chi connectivity index (χ1n) is 8.98. The molecule has 2 heterocycles.